The van der Waals surface area contributed by atoms with Crippen molar-refractivity contribution in [3.05, 3.63) is 41.5 Å². The Bertz CT molecular complexity index is 858. The molecule has 1 spiro atoms. The zero-order chi connectivity index (χ0) is 20.9. The van der Waals surface area contributed by atoms with E-state index >= 15 is 0 Å². The van der Waals surface area contributed by atoms with Gasteiger partial charge in [0, 0.05) is 6.42 Å². The third kappa shape index (κ3) is 4.99. The molecule has 1 fully saturated rings. The van der Waals surface area contributed by atoms with E-state index < -0.39 is 27.0 Å². The summed E-state index contributed by atoms with van der Waals surface area (Å²) in [6.45, 7) is 4.75. The number of aryl methyl sites for hydroxylation is 1. The summed E-state index contributed by atoms with van der Waals surface area (Å²) < 4.78 is 45.7. The molecule has 1 aromatic rings. The Kier molecular flexibility index (Phi) is 6.97. The number of benzene rings is 1. The van der Waals surface area contributed by atoms with Crippen molar-refractivity contribution in [3.8, 4) is 0 Å². The van der Waals surface area contributed by atoms with E-state index in [2.05, 4.69) is 11.6 Å². The predicted molar refractivity (Wildman–Crippen MR) is 110 cm³/mol. The van der Waals surface area contributed by atoms with Crippen molar-refractivity contribution in [2.75, 3.05) is 24.5 Å². The number of carbonyl (C=O) groups excluding carboxylic acids is 1. The van der Waals surface area contributed by atoms with Crippen LogP contribution >= 0.6 is 0 Å². The van der Waals surface area contributed by atoms with Gasteiger partial charge in [-0.15, -0.1) is 0 Å². The van der Waals surface area contributed by atoms with Crippen LogP contribution in [0.2, 0.25) is 0 Å². The van der Waals surface area contributed by atoms with Crippen molar-refractivity contribution >= 4 is 21.7 Å². The molecular formula is C21H29NO6S. The number of hydrogen-bond acceptors (Lipinski definition) is 6. The van der Waals surface area contributed by atoms with Gasteiger partial charge in [0.15, 0.2) is 5.79 Å². The molecule has 1 N–H and O–H groups in total. The normalized spacial score (nSPS) is 21.0. The Balaban J connectivity index is 1.90. The van der Waals surface area contributed by atoms with Gasteiger partial charge in [-0.1, -0.05) is 31.5 Å². The van der Waals surface area contributed by atoms with E-state index in [9.17, 15) is 13.2 Å². The van der Waals surface area contributed by atoms with Crippen molar-refractivity contribution in [2.24, 2.45) is 0 Å². The van der Waals surface area contributed by atoms with Gasteiger partial charge >= 0.3 is 5.97 Å². The van der Waals surface area contributed by atoms with Crippen molar-refractivity contribution in [1.82, 2.24) is 0 Å². The first-order chi connectivity index (χ1) is 13.9. The van der Waals surface area contributed by atoms with Gasteiger partial charge < -0.3 is 14.2 Å². The van der Waals surface area contributed by atoms with Gasteiger partial charge in [-0.3, -0.25) is 4.72 Å². The number of nitrogens with one attached hydrogen (secondary N) is 1. The summed E-state index contributed by atoms with van der Waals surface area (Å²) in [5, 5.41) is -1.03. The first-order valence-electron chi connectivity index (χ1n) is 10.2. The number of rotatable bonds is 8. The maximum Gasteiger partial charge on any atom is 0.335 e. The molecule has 1 aromatic carbocycles. The average Bonchev–Trinajstić information content (AvgIpc) is 3.14. The highest BCUT2D eigenvalue weighted by molar-refractivity contribution is 7.93. The summed E-state index contributed by atoms with van der Waals surface area (Å²) in [6, 6.07) is 7.37. The fraction of sp³-hybridized carbons (Fsp3) is 0.571. The van der Waals surface area contributed by atoms with Gasteiger partial charge in [0.2, 0.25) is 10.0 Å². The summed E-state index contributed by atoms with van der Waals surface area (Å²) in [5.41, 5.74) is 1.56. The van der Waals surface area contributed by atoms with Crippen LogP contribution in [0.25, 0.3) is 0 Å². The van der Waals surface area contributed by atoms with Crippen LogP contribution in [0.15, 0.2) is 35.9 Å². The number of hydrogen-bond donors (Lipinski definition) is 1. The third-order valence-electron chi connectivity index (χ3n) is 5.21. The van der Waals surface area contributed by atoms with Crippen molar-refractivity contribution in [2.45, 2.75) is 57.0 Å². The number of sulfonamides is 1. The predicted octanol–water partition coefficient (Wildman–Crippen LogP) is 3.17. The van der Waals surface area contributed by atoms with Gasteiger partial charge in [-0.2, -0.15) is 0 Å². The lowest BCUT2D eigenvalue weighted by Crippen LogP contribution is -2.42. The highest BCUT2D eigenvalue weighted by atomic mass is 32.2. The fourth-order valence-corrected chi connectivity index (χ4v) is 5.32. The van der Waals surface area contributed by atoms with Crippen LogP contribution in [0.1, 0.15) is 45.1 Å². The molecule has 1 aliphatic carbocycles. The minimum absolute atomic E-state index is 0.0681. The maximum atomic E-state index is 13.3. The number of para-hydroxylation sites is 1. The first-order valence-corrected chi connectivity index (χ1v) is 11.7. The number of ether oxygens (including phenoxy) is 3. The second-order valence-corrected chi connectivity index (χ2v) is 9.13. The van der Waals surface area contributed by atoms with Gasteiger partial charge in [-0.05, 0) is 43.9 Å². The highest BCUT2D eigenvalue weighted by Crippen LogP contribution is 2.37. The minimum Gasteiger partial charge on any atom is -0.463 e. The molecular weight excluding hydrogens is 394 g/mol. The highest BCUT2D eigenvalue weighted by Gasteiger charge is 2.46. The topological polar surface area (TPSA) is 90.9 Å². The van der Waals surface area contributed by atoms with E-state index in [1.54, 1.807) is 19.1 Å². The molecule has 29 heavy (non-hydrogen) atoms. The first kappa shape index (κ1) is 21.8. The van der Waals surface area contributed by atoms with Crippen molar-refractivity contribution < 1.29 is 27.4 Å². The summed E-state index contributed by atoms with van der Waals surface area (Å²) in [6.07, 6.45) is 4.82. The standard InChI is InChI=1S/C21H29NO6S/c1-3-5-8-16-9-6-7-10-18(16)22-29(24,25)19-11-12-21(27-13-14-28-21)15-17(19)20(23)26-4-2/h6-7,9-10,15,19,22H,3-5,8,11-14H2,1-2H3. The minimum atomic E-state index is -3.87. The lowest BCUT2D eigenvalue weighted by atomic mass is 9.94. The van der Waals surface area contributed by atoms with Crippen LogP contribution < -0.4 is 4.72 Å². The second kappa shape index (κ2) is 9.28. The van der Waals surface area contributed by atoms with Crippen molar-refractivity contribution in [1.29, 1.82) is 0 Å². The molecule has 160 valence electrons. The molecule has 0 aromatic heterocycles. The SMILES string of the molecule is CCCCc1ccccc1NS(=O)(=O)C1CCC2(C=C1C(=O)OCC)OCCO2. The van der Waals surface area contributed by atoms with Crippen LogP contribution in [0, 0.1) is 0 Å². The number of anilines is 1. The van der Waals surface area contributed by atoms with E-state index in [1.807, 2.05) is 12.1 Å². The zero-order valence-electron chi connectivity index (χ0n) is 17.0. The van der Waals surface area contributed by atoms with Crippen molar-refractivity contribution in [3.63, 3.8) is 0 Å². The average molecular weight is 424 g/mol. The molecule has 1 unspecified atom stereocenters. The zero-order valence-corrected chi connectivity index (χ0v) is 17.8. The van der Waals surface area contributed by atoms with E-state index in [4.69, 9.17) is 14.2 Å². The number of carbonyl (C=O) groups is 1. The van der Waals surface area contributed by atoms with Gasteiger partial charge in [0.25, 0.3) is 0 Å². The Morgan fingerprint density at radius 3 is 2.66 bits per heavy atom. The molecule has 0 radical (unpaired) electrons. The monoisotopic (exact) mass is 423 g/mol. The quantitative estimate of drug-likeness (QED) is 0.646. The fourth-order valence-electron chi connectivity index (χ4n) is 3.74. The lowest BCUT2D eigenvalue weighted by molar-refractivity contribution is -0.143. The Labute approximate surface area is 172 Å². The van der Waals surface area contributed by atoms with Gasteiger partial charge in [0.1, 0.15) is 5.25 Å². The molecule has 7 nitrogen and oxygen atoms in total. The molecule has 0 amide bonds. The maximum absolute atomic E-state index is 13.3. The Hall–Kier alpha value is -1.90. The molecule has 1 atom stereocenters. The summed E-state index contributed by atoms with van der Waals surface area (Å²) in [7, 11) is -3.87. The summed E-state index contributed by atoms with van der Waals surface area (Å²) in [4.78, 5) is 12.6. The largest absolute Gasteiger partial charge is 0.463 e. The molecule has 1 heterocycles. The lowest BCUT2D eigenvalue weighted by Gasteiger charge is -2.33. The van der Waals surface area contributed by atoms with E-state index in [-0.39, 0.29) is 18.6 Å². The van der Waals surface area contributed by atoms with Crippen LogP contribution in [0.5, 0.6) is 0 Å². The Morgan fingerprint density at radius 1 is 1.24 bits per heavy atom. The van der Waals surface area contributed by atoms with Crippen LogP contribution in [-0.2, 0) is 35.4 Å². The summed E-state index contributed by atoms with van der Waals surface area (Å²) >= 11 is 0. The molecule has 8 heteroatoms. The van der Waals surface area contributed by atoms with Crippen LogP contribution in [0.4, 0.5) is 5.69 Å². The van der Waals surface area contributed by atoms with E-state index in [0.29, 0.717) is 25.3 Å². The van der Waals surface area contributed by atoms with Crippen LogP contribution in [0.3, 0.4) is 0 Å². The number of esters is 1. The molecule has 1 saturated heterocycles. The third-order valence-corrected chi connectivity index (χ3v) is 6.95. The smallest absolute Gasteiger partial charge is 0.335 e. The molecule has 2 aliphatic rings. The molecule has 1 aliphatic heterocycles. The molecule has 0 bridgehead atoms. The number of unbranched alkanes of at least 4 members (excludes halogenated alkanes) is 1. The molecule has 3 rings (SSSR count). The van der Waals surface area contributed by atoms with E-state index in [0.717, 1.165) is 24.8 Å². The van der Waals surface area contributed by atoms with Crippen LogP contribution in [-0.4, -0.2) is 45.2 Å². The molecule has 0 saturated carbocycles. The van der Waals surface area contributed by atoms with Gasteiger partial charge in [0.05, 0.1) is 31.1 Å². The summed E-state index contributed by atoms with van der Waals surface area (Å²) in [5.74, 6) is -1.69. The second-order valence-electron chi connectivity index (χ2n) is 7.26. The van der Waals surface area contributed by atoms with Gasteiger partial charge in [-0.25, -0.2) is 13.2 Å². The van der Waals surface area contributed by atoms with E-state index in [1.165, 1.54) is 6.08 Å². The Morgan fingerprint density at radius 2 is 1.97 bits per heavy atom.